The Morgan fingerprint density at radius 2 is 2.13 bits per heavy atom. The summed E-state index contributed by atoms with van der Waals surface area (Å²) in [6.45, 7) is 1.54. The Hall–Kier alpha value is -1.32. The van der Waals surface area contributed by atoms with Crippen LogP contribution in [-0.2, 0) is 4.79 Å². The minimum atomic E-state index is -0.960. The number of carbonyl (C=O) groups is 1. The Bertz CT molecular complexity index is 569. The van der Waals surface area contributed by atoms with Crippen LogP contribution < -0.4 is 5.56 Å². The second kappa shape index (κ2) is 3.68. The Labute approximate surface area is 91.7 Å². The van der Waals surface area contributed by atoms with Gasteiger partial charge in [0.2, 0.25) is 0 Å². The number of rotatable bonds is 2. The van der Waals surface area contributed by atoms with Gasteiger partial charge in [-0.1, -0.05) is 0 Å². The third-order valence-electron chi connectivity index (χ3n) is 2.22. The monoisotopic (exact) mass is 271 g/mol. The molecular formula is C10H9NO3Se. The van der Waals surface area contributed by atoms with Crippen molar-refractivity contribution in [1.82, 2.24) is 3.56 Å². The minimum absolute atomic E-state index is 0.166. The number of aliphatic carboxylic acids is 1. The first-order chi connectivity index (χ1) is 7.11. The molecule has 0 aliphatic carbocycles. The van der Waals surface area contributed by atoms with Gasteiger partial charge in [-0.25, -0.2) is 0 Å². The first kappa shape index (κ1) is 10.2. The average molecular weight is 270 g/mol. The summed E-state index contributed by atoms with van der Waals surface area (Å²) in [7, 11) is 0. The number of hydrogen-bond acceptors (Lipinski definition) is 2. The molecule has 78 valence electrons. The molecule has 0 aliphatic rings. The molecule has 0 bridgehead atoms. The molecule has 1 atom stereocenters. The van der Waals surface area contributed by atoms with Gasteiger partial charge in [-0.2, -0.15) is 0 Å². The van der Waals surface area contributed by atoms with Gasteiger partial charge in [-0.05, 0) is 0 Å². The molecule has 1 N–H and O–H groups in total. The Kier molecular flexibility index (Phi) is 2.50. The van der Waals surface area contributed by atoms with Gasteiger partial charge in [-0.15, -0.1) is 0 Å². The van der Waals surface area contributed by atoms with Crippen LogP contribution in [0, 0.1) is 0 Å². The Morgan fingerprint density at radius 1 is 1.47 bits per heavy atom. The third kappa shape index (κ3) is 1.64. The van der Waals surface area contributed by atoms with Crippen molar-refractivity contribution in [2.45, 2.75) is 13.0 Å². The fourth-order valence-corrected chi connectivity index (χ4v) is 3.51. The fraction of sp³-hybridized carbons (Fsp3) is 0.200. The maximum atomic E-state index is 11.8. The molecule has 0 radical (unpaired) electrons. The van der Waals surface area contributed by atoms with E-state index in [1.54, 1.807) is 12.1 Å². The van der Waals surface area contributed by atoms with Crippen molar-refractivity contribution in [3.63, 3.8) is 0 Å². The Morgan fingerprint density at radius 3 is 2.73 bits per heavy atom. The second-order valence-corrected chi connectivity index (χ2v) is 5.36. The summed E-state index contributed by atoms with van der Waals surface area (Å²) in [6, 6.07) is 6.53. The summed E-state index contributed by atoms with van der Waals surface area (Å²) in [5, 5.41) is 9.50. The van der Waals surface area contributed by atoms with Crippen molar-refractivity contribution < 1.29 is 9.90 Å². The van der Waals surface area contributed by atoms with E-state index in [1.807, 2.05) is 12.1 Å². The number of hydrogen-bond donors (Lipinski definition) is 1. The number of fused-ring (bicyclic) bond motifs is 1. The zero-order valence-electron chi connectivity index (χ0n) is 8.01. The molecule has 1 aromatic carbocycles. The molecule has 1 unspecified atom stereocenters. The summed E-state index contributed by atoms with van der Waals surface area (Å²) in [4.78, 5) is 22.6. The predicted molar refractivity (Wildman–Crippen MR) is 57.5 cm³/mol. The van der Waals surface area contributed by atoms with E-state index in [4.69, 9.17) is 5.11 Å². The number of benzene rings is 1. The predicted octanol–water partition coefficient (Wildman–Crippen LogP) is 0.704. The Balaban J connectivity index is 2.68. The van der Waals surface area contributed by atoms with Gasteiger partial charge in [0.05, 0.1) is 0 Å². The van der Waals surface area contributed by atoms with Crippen molar-refractivity contribution in [2.24, 2.45) is 0 Å². The summed E-state index contributed by atoms with van der Waals surface area (Å²) in [5.74, 6) is -0.960. The summed E-state index contributed by atoms with van der Waals surface area (Å²) in [5.41, 5.74) is -0.166. The van der Waals surface area contributed by atoms with Crippen LogP contribution in [0.2, 0.25) is 0 Å². The van der Waals surface area contributed by atoms with Crippen molar-refractivity contribution in [3.05, 3.63) is 34.6 Å². The zero-order chi connectivity index (χ0) is 11.0. The maximum absolute atomic E-state index is 11.8. The van der Waals surface area contributed by atoms with Crippen molar-refractivity contribution in [2.75, 3.05) is 0 Å². The van der Waals surface area contributed by atoms with Gasteiger partial charge in [0.25, 0.3) is 0 Å². The van der Waals surface area contributed by atoms with Crippen LogP contribution >= 0.6 is 0 Å². The molecule has 0 spiro atoms. The third-order valence-corrected chi connectivity index (χ3v) is 4.81. The van der Waals surface area contributed by atoms with Gasteiger partial charge >= 0.3 is 91.4 Å². The zero-order valence-corrected chi connectivity index (χ0v) is 9.72. The van der Waals surface area contributed by atoms with Crippen molar-refractivity contribution in [3.8, 4) is 0 Å². The van der Waals surface area contributed by atoms with E-state index in [0.717, 1.165) is 4.26 Å². The molecule has 4 nitrogen and oxygen atoms in total. The number of carboxylic acids is 1. The molecule has 0 fully saturated rings. The average Bonchev–Trinajstić information content (AvgIpc) is 2.56. The van der Waals surface area contributed by atoms with Crippen LogP contribution in [0.3, 0.4) is 0 Å². The first-order valence-electron chi connectivity index (χ1n) is 4.44. The normalized spacial score (nSPS) is 12.9. The standard InChI is InChI=1S/C10H9NO3Se/c1-6(10(13)14)11-9(12)7-4-2-3-5-8(7)15-11/h2-6H,1H3,(H,13,14). The van der Waals surface area contributed by atoms with E-state index in [-0.39, 0.29) is 20.3 Å². The molecule has 0 amide bonds. The molecule has 0 aliphatic heterocycles. The molecule has 1 aromatic heterocycles. The molecule has 15 heavy (non-hydrogen) atoms. The molecule has 5 heteroatoms. The summed E-state index contributed by atoms with van der Waals surface area (Å²) in [6.07, 6.45) is 0. The molecule has 0 saturated heterocycles. The van der Waals surface area contributed by atoms with Crippen LogP contribution in [0.1, 0.15) is 13.0 Å². The van der Waals surface area contributed by atoms with Crippen LogP contribution in [0.25, 0.3) is 9.65 Å². The van der Waals surface area contributed by atoms with Crippen molar-refractivity contribution in [1.29, 1.82) is 0 Å². The number of nitrogens with zero attached hydrogens (tertiary/aromatic N) is 1. The molecule has 1 heterocycles. The van der Waals surface area contributed by atoms with E-state index >= 15 is 0 Å². The second-order valence-electron chi connectivity index (χ2n) is 3.23. The molecule has 0 saturated carbocycles. The van der Waals surface area contributed by atoms with Crippen molar-refractivity contribution >= 4 is 30.3 Å². The van der Waals surface area contributed by atoms with Gasteiger partial charge in [-0.3, -0.25) is 0 Å². The van der Waals surface area contributed by atoms with Gasteiger partial charge in [0.15, 0.2) is 0 Å². The van der Waals surface area contributed by atoms with Gasteiger partial charge in [0, 0.05) is 0 Å². The van der Waals surface area contributed by atoms with Gasteiger partial charge in [0.1, 0.15) is 0 Å². The first-order valence-corrected chi connectivity index (χ1v) is 6.07. The van der Waals surface area contributed by atoms with Crippen LogP contribution in [0.5, 0.6) is 0 Å². The number of carboxylic acid groups (broad SMARTS) is 1. The van der Waals surface area contributed by atoms with Crippen LogP contribution in [0.15, 0.2) is 29.1 Å². The van der Waals surface area contributed by atoms with E-state index in [1.165, 1.54) is 10.5 Å². The fourth-order valence-electron chi connectivity index (χ4n) is 1.34. The summed E-state index contributed by atoms with van der Waals surface area (Å²) >= 11 is -0.203. The van der Waals surface area contributed by atoms with E-state index in [9.17, 15) is 9.59 Å². The van der Waals surface area contributed by atoms with Crippen LogP contribution in [0.4, 0.5) is 0 Å². The van der Waals surface area contributed by atoms with Gasteiger partial charge < -0.3 is 0 Å². The van der Waals surface area contributed by atoms with Crippen LogP contribution in [-0.4, -0.2) is 29.4 Å². The number of aromatic nitrogens is 1. The quantitative estimate of drug-likeness (QED) is 0.817. The van der Waals surface area contributed by atoms with E-state index in [0.29, 0.717) is 5.39 Å². The molecule has 2 aromatic rings. The SMILES string of the molecule is CC(C(=O)O)n1[se]c2ccccc2c1=O. The molecular weight excluding hydrogens is 261 g/mol. The topological polar surface area (TPSA) is 59.3 Å². The van der Waals surface area contributed by atoms with E-state index < -0.39 is 12.0 Å². The molecule has 2 rings (SSSR count). The van der Waals surface area contributed by atoms with E-state index in [2.05, 4.69) is 0 Å². The summed E-state index contributed by atoms with van der Waals surface area (Å²) < 4.78 is 2.39.